The highest BCUT2D eigenvalue weighted by Crippen LogP contribution is 2.47. The van der Waals surface area contributed by atoms with Gasteiger partial charge in [-0.15, -0.1) is 0 Å². The van der Waals surface area contributed by atoms with Gasteiger partial charge in [-0.1, -0.05) is 12.1 Å². The molecule has 0 unspecified atom stereocenters. The molecule has 5 nitrogen and oxygen atoms in total. The van der Waals surface area contributed by atoms with Gasteiger partial charge < -0.3 is 15.2 Å². The van der Waals surface area contributed by atoms with Crippen LogP contribution in [0.15, 0.2) is 36.4 Å². The number of methoxy groups -OCH3 is 1. The Kier molecular flexibility index (Phi) is 4.88. The Bertz CT molecular complexity index is 869. The summed E-state index contributed by atoms with van der Waals surface area (Å²) in [5.41, 5.74) is 1.35. The van der Waals surface area contributed by atoms with Crippen LogP contribution in [0, 0.1) is 17.6 Å². The summed E-state index contributed by atoms with van der Waals surface area (Å²) in [7, 11) is 1.38. The zero-order valence-electron chi connectivity index (χ0n) is 14.0. The summed E-state index contributed by atoms with van der Waals surface area (Å²) in [4.78, 5) is 23.3. The van der Waals surface area contributed by atoms with Gasteiger partial charge in [-0.25, -0.2) is 13.6 Å². The number of carboxylic acids is 1. The van der Waals surface area contributed by atoms with E-state index < -0.39 is 17.6 Å². The molecular formula is C19H17F2NO4. The van der Waals surface area contributed by atoms with Gasteiger partial charge in [0.25, 0.3) is 0 Å². The van der Waals surface area contributed by atoms with Crippen LogP contribution in [0.25, 0.3) is 0 Å². The molecule has 1 amide bonds. The highest BCUT2D eigenvalue weighted by atomic mass is 19.2. The van der Waals surface area contributed by atoms with E-state index in [0.29, 0.717) is 17.5 Å². The minimum absolute atomic E-state index is 0.0446. The number of nitrogens with one attached hydrogen (secondary N) is 1. The van der Waals surface area contributed by atoms with Crippen molar-refractivity contribution in [3.8, 4) is 5.75 Å². The molecule has 1 aliphatic rings. The summed E-state index contributed by atoms with van der Waals surface area (Å²) in [6.07, 6.45) is 0.582. The zero-order chi connectivity index (χ0) is 18.8. The van der Waals surface area contributed by atoms with E-state index in [9.17, 15) is 18.4 Å². The molecule has 0 radical (unpaired) electrons. The Balaban J connectivity index is 1.60. The number of carboxylic acid groups (broad SMARTS) is 1. The van der Waals surface area contributed by atoms with Crippen LogP contribution >= 0.6 is 0 Å². The van der Waals surface area contributed by atoms with E-state index in [1.165, 1.54) is 19.2 Å². The first-order valence-electron chi connectivity index (χ1n) is 8.03. The molecule has 26 heavy (non-hydrogen) atoms. The van der Waals surface area contributed by atoms with E-state index in [2.05, 4.69) is 5.32 Å². The molecule has 0 bridgehead atoms. The van der Waals surface area contributed by atoms with Crippen molar-refractivity contribution in [2.24, 2.45) is 5.92 Å². The van der Waals surface area contributed by atoms with Crippen molar-refractivity contribution >= 4 is 11.9 Å². The Labute approximate surface area is 148 Å². The van der Waals surface area contributed by atoms with Crippen LogP contribution in [-0.2, 0) is 11.3 Å². The minimum Gasteiger partial charge on any atom is -0.496 e. The number of halogens is 2. The second kappa shape index (κ2) is 7.11. The number of rotatable bonds is 6. The summed E-state index contributed by atoms with van der Waals surface area (Å²) in [6.45, 7) is 0.218. The standard InChI is InChI=1S/C19H17F2NO4/c1-26-17-6-10(2-4-12(17)19(24)25)9-22-18(23)14-8-13(14)11-3-5-15(20)16(21)7-11/h2-7,13-14H,8-9H2,1H3,(H,22,23)(H,24,25)/t13-,14+/m1/s1. The molecule has 136 valence electrons. The lowest BCUT2D eigenvalue weighted by molar-refractivity contribution is -0.122. The minimum atomic E-state index is -1.09. The highest BCUT2D eigenvalue weighted by molar-refractivity contribution is 5.91. The number of ether oxygens (including phenoxy) is 1. The summed E-state index contributed by atoms with van der Waals surface area (Å²) < 4.78 is 31.3. The molecule has 1 aliphatic carbocycles. The van der Waals surface area contributed by atoms with Crippen LogP contribution in [0.3, 0.4) is 0 Å². The van der Waals surface area contributed by atoms with Crippen LogP contribution in [0.5, 0.6) is 5.75 Å². The Morgan fingerprint density at radius 3 is 2.62 bits per heavy atom. The largest absolute Gasteiger partial charge is 0.496 e. The van der Waals surface area contributed by atoms with Crippen molar-refractivity contribution in [3.05, 3.63) is 64.7 Å². The molecular weight excluding hydrogens is 344 g/mol. The third-order valence-electron chi connectivity index (χ3n) is 4.46. The first-order chi connectivity index (χ1) is 12.4. The summed E-state index contributed by atoms with van der Waals surface area (Å²) in [5.74, 6) is -3.27. The molecule has 0 aromatic heterocycles. The predicted molar refractivity (Wildman–Crippen MR) is 89.0 cm³/mol. The number of carbonyl (C=O) groups excluding carboxylic acids is 1. The molecule has 0 spiro atoms. The topological polar surface area (TPSA) is 75.6 Å². The lowest BCUT2D eigenvalue weighted by Crippen LogP contribution is -2.25. The van der Waals surface area contributed by atoms with Crippen molar-refractivity contribution in [2.75, 3.05) is 7.11 Å². The van der Waals surface area contributed by atoms with E-state index in [-0.39, 0.29) is 35.6 Å². The summed E-state index contributed by atoms with van der Waals surface area (Å²) >= 11 is 0. The lowest BCUT2D eigenvalue weighted by atomic mass is 10.1. The second-order valence-electron chi connectivity index (χ2n) is 6.18. The fraction of sp³-hybridized carbons (Fsp3) is 0.263. The van der Waals surface area contributed by atoms with Gasteiger partial charge in [0, 0.05) is 12.5 Å². The molecule has 7 heteroatoms. The Hall–Kier alpha value is -2.96. The van der Waals surface area contributed by atoms with E-state index in [0.717, 1.165) is 12.1 Å². The van der Waals surface area contributed by atoms with Gasteiger partial charge in [0.15, 0.2) is 11.6 Å². The van der Waals surface area contributed by atoms with Crippen molar-refractivity contribution in [2.45, 2.75) is 18.9 Å². The first kappa shape index (κ1) is 17.8. The van der Waals surface area contributed by atoms with E-state index >= 15 is 0 Å². The number of carbonyl (C=O) groups is 2. The summed E-state index contributed by atoms with van der Waals surface area (Å²) in [6, 6.07) is 8.27. The molecule has 0 heterocycles. The molecule has 2 aromatic rings. The van der Waals surface area contributed by atoms with Crippen LogP contribution < -0.4 is 10.1 Å². The fourth-order valence-electron chi connectivity index (χ4n) is 2.94. The van der Waals surface area contributed by atoms with Crippen molar-refractivity contribution in [3.63, 3.8) is 0 Å². The molecule has 3 rings (SSSR count). The van der Waals surface area contributed by atoms with E-state index in [4.69, 9.17) is 9.84 Å². The van der Waals surface area contributed by atoms with Gasteiger partial charge in [-0.05, 0) is 47.7 Å². The molecule has 2 aromatic carbocycles. The summed E-state index contributed by atoms with van der Waals surface area (Å²) in [5, 5.41) is 11.8. The van der Waals surface area contributed by atoms with Gasteiger partial charge in [0.1, 0.15) is 11.3 Å². The molecule has 2 atom stereocenters. The number of hydrogen-bond donors (Lipinski definition) is 2. The third kappa shape index (κ3) is 3.66. The number of hydrogen-bond acceptors (Lipinski definition) is 3. The Morgan fingerprint density at radius 1 is 1.19 bits per heavy atom. The average Bonchev–Trinajstić information content (AvgIpc) is 3.42. The van der Waals surface area contributed by atoms with Gasteiger partial charge in [0.05, 0.1) is 7.11 Å². The van der Waals surface area contributed by atoms with E-state index in [1.54, 1.807) is 12.1 Å². The van der Waals surface area contributed by atoms with Gasteiger partial charge >= 0.3 is 5.97 Å². The normalized spacial score (nSPS) is 18.3. The molecule has 2 N–H and O–H groups in total. The maximum absolute atomic E-state index is 13.3. The fourth-order valence-corrected chi connectivity index (χ4v) is 2.94. The maximum atomic E-state index is 13.3. The maximum Gasteiger partial charge on any atom is 0.339 e. The quantitative estimate of drug-likeness (QED) is 0.829. The van der Waals surface area contributed by atoms with Crippen molar-refractivity contribution in [1.29, 1.82) is 0 Å². The second-order valence-corrected chi connectivity index (χ2v) is 6.18. The van der Waals surface area contributed by atoms with Gasteiger partial charge in [0.2, 0.25) is 5.91 Å². The van der Waals surface area contributed by atoms with Crippen molar-refractivity contribution < 1.29 is 28.2 Å². The highest BCUT2D eigenvalue weighted by Gasteiger charge is 2.44. The molecule has 0 saturated heterocycles. The molecule has 0 aliphatic heterocycles. The van der Waals surface area contributed by atoms with E-state index in [1.807, 2.05) is 0 Å². The monoisotopic (exact) mass is 361 g/mol. The lowest BCUT2D eigenvalue weighted by Gasteiger charge is -2.09. The zero-order valence-corrected chi connectivity index (χ0v) is 14.0. The molecule has 1 saturated carbocycles. The van der Waals surface area contributed by atoms with Crippen LogP contribution in [-0.4, -0.2) is 24.1 Å². The predicted octanol–water partition coefficient (Wildman–Crippen LogP) is 3.09. The number of benzene rings is 2. The average molecular weight is 361 g/mol. The SMILES string of the molecule is COc1cc(CNC(=O)[C@H]2C[C@@H]2c2ccc(F)c(F)c2)ccc1C(=O)O. The van der Waals surface area contributed by atoms with Gasteiger partial charge in [-0.2, -0.15) is 0 Å². The van der Waals surface area contributed by atoms with Crippen LogP contribution in [0.4, 0.5) is 8.78 Å². The molecule has 1 fully saturated rings. The first-order valence-corrected chi connectivity index (χ1v) is 8.03. The van der Waals surface area contributed by atoms with Gasteiger partial charge in [-0.3, -0.25) is 4.79 Å². The number of aromatic carboxylic acids is 1. The number of amides is 1. The van der Waals surface area contributed by atoms with Crippen LogP contribution in [0.1, 0.15) is 33.8 Å². The van der Waals surface area contributed by atoms with Crippen molar-refractivity contribution in [1.82, 2.24) is 5.32 Å². The Morgan fingerprint density at radius 2 is 1.96 bits per heavy atom. The third-order valence-corrected chi connectivity index (χ3v) is 4.46. The smallest absolute Gasteiger partial charge is 0.339 e. The van der Waals surface area contributed by atoms with Crippen LogP contribution in [0.2, 0.25) is 0 Å².